The number of ketones is 1. The highest BCUT2D eigenvalue weighted by atomic mass is 127. The third-order valence-electron chi connectivity index (χ3n) is 2.81. The van der Waals surface area contributed by atoms with E-state index in [0.717, 1.165) is 2.88 Å². The summed E-state index contributed by atoms with van der Waals surface area (Å²) < 4.78 is 1.03. The van der Waals surface area contributed by atoms with Gasteiger partial charge < -0.3 is 9.97 Å². The molecule has 0 aliphatic carbocycles. The largest absolute Gasteiger partial charge is 0.316 e. The summed E-state index contributed by atoms with van der Waals surface area (Å²) in [4.78, 5) is 39.7. The lowest BCUT2D eigenvalue weighted by Crippen LogP contribution is -2.28. The summed E-state index contributed by atoms with van der Waals surface area (Å²) in [6.07, 6.45) is 0. The van der Waals surface area contributed by atoms with E-state index in [1.54, 1.807) is 23.6 Å². The van der Waals surface area contributed by atoms with Gasteiger partial charge in [-0.3, -0.25) is 14.4 Å². The average Bonchev–Trinajstić information content (AvgIpc) is 2.85. The molecule has 5 nitrogen and oxygen atoms in total. The standard InChI is InChI=1S/C13H7IN2O3S/c14-10-4-7(5-20-10)11(17)6-1-2-8-9(3-6)16-13(19)12(18)15-8/h1-5H,(H,15,18)(H,16,19). The summed E-state index contributed by atoms with van der Waals surface area (Å²) in [6.45, 7) is 0. The second kappa shape index (κ2) is 4.98. The molecule has 7 heteroatoms. The number of halogens is 1. The van der Waals surface area contributed by atoms with Crippen molar-refractivity contribution in [3.8, 4) is 0 Å². The molecule has 0 radical (unpaired) electrons. The number of aromatic nitrogens is 2. The molecule has 0 unspecified atom stereocenters. The fraction of sp³-hybridized carbons (Fsp3) is 0. The first-order valence-corrected chi connectivity index (χ1v) is 7.55. The van der Waals surface area contributed by atoms with Crippen LogP contribution in [0.1, 0.15) is 15.9 Å². The smallest absolute Gasteiger partial charge is 0.314 e. The predicted octanol–water partition coefficient (Wildman–Crippen LogP) is 2.11. The van der Waals surface area contributed by atoms with Crippen LogP contribution in [0.3, 0.4) is 0 Å². The molecule has 2 heterocycles. The Kier molecular flexibility index (Phi) is 3.30. The Balaban J connectivity index is 2.13. The van der Waals surface area contributed by atoms with Crippen LogP contribution in [0.4, 0.5) is 0 Å². The molecule has 2 aromatic heterocycles. The number of fused-ring (bicyclic) bond motifs is 1. The van der Waals surface area contributed by atoms with Crippen molar-refractivity contribution in [2.24, 2.45) is 0 Å². The Hall–Kier alpha value is -1.74. The van der Waals surface area contributed by atoms with E-state index in [1.807, 2.05) is 6.07 Å². The number of hydrogen-bond donors (Lipinski definition) is 2. The molecule has 0 atom stereocenters. The van der Waals surface area contributed by atoms with Gasteiger partial charge in [0, 0.05) is 16.5 Å². The van der Waals surface area contributed by atoms with Crippen LogP contribution in [0.5, 0.6) is 0 Å². The minimum atomic E-state index is -0.729. The van der Waals surface area contributed by atoms with E-state index in [-0.39, 0.29) is 5.78 Å². The van der Waals surface area contributed by atoms with Crippen molar-refractivity contribution >= 4 is 50.7 Å². The third kappa shape index (κ3) is 2.34. The second-order valence-electron chi connectivity index (χ2n) is 4.14. The zero-order chi connectivity index (χ0) is 14.3. The Morgan fingerprint density at radius 3 is 2.35 bits per heavy atom. The van der Waals surface area contributed by atoms with E-state index in [0.29, 0.717) is 22.2 Å². The Morgan fingerprint density at radius 1 is 1.00 bits per heavy atom. The fourth-order valence-electron chi connectivity index (χ4n) is 1.85. The predicted molar refractivity (Wildman–Crippen MR) is 85.7 cm³/mol. The Bertz CT molecular complexity index is 938. The molecule has 3 aromatic rings. The van der Waals surface area contributed by atoms with Crippen LogP contribution in [-0.2, 0) is 0 Å². The van der Waals surface area contributed by atoms with Crippen LogP contribution < -0.4 is 11.1 Å². The van der Waals surface area contributed by atoms with Gasteiger partial charge in [0.15, 0.2) is 5.78 Å². The molecule has 2 N–H and O–H groups in total. The van der Waals surface area contributed by atoms with Crippen molar-refractivity contribution in [3.05, 3.63) is 64.4 Å². The number of hydrogen-bond acceptors (Lipinski definition) is 4. The van der Waals surface area contributed by atoms with Crippen molar-refractivity contribution in [3.63, 3.8) is 0 Å². The normalized spacial score (nSPS) is 10.8. The monoisotopic (exact) mass is 398 g/mol. The van der Waals surface area contributed by atoms with Gasteiger partial charge in [0.25, 0.3) is 0 Å². The van der Waals surface area contributed by atoms with Crippen LogP contribution in [0.15, 0.2) is 39.2 Å². The fourth-order valence-corrected chi connectivity index (χ4v) is 3.18. The summed E-state index contributed by atoms with van der Waals surface area (Å²) in [5, 5.41) is 1.80. The van der Waals surface area contributed by atoms with E-state index in [1.165, 1.54) is 11.3 Å². The van der Waals surface area contributed by atoms with E-state index in [4.69, 9.17) is 0 Å². The highest BCUT2D eigenvalue weighted by molar-refractivity contribution is 14.1. The van der Waals surface area contributed by atoms with Gasteiger partial charge in [-0.2, -0.15) is 0 Å². The van der Waals surface area contributed by atoms with E-state index >= 15 is 0 Å². The molecule has 0 amide bonds. The van der Waals surface area contributed by atoms with Gasteiger partial charge in [-0.15, -0.1) is 11.3 Å². The lowest BCUT2D eigenvalue weighted by Gasteiger charge is -2.01. The van der Waals surface area contributed by atoms with E-state index in [2.05, 4.69) is 32.6 Å². The minimum Gasteiger partial charge on any atom is -0.316 e. The lowest BCUT2D eigenvalue weighted by molar-refractivity contribution is 0.103. The van der Waals surface area contributed by atoms with Crippen molar-refractivity contribution in [2.45, 2.75) is 0 Å². The highest BCUT2D eigenvalue weighted by Gasteiger charge is 2.12. The zero-order valence-corrected chi connectivity index (χ0v) is 12.9. The van der Waals surface area contributed by atoms with Gasteiger partial charge in [-0.25, -0.2) is 0 Å². The number of carbonyl (C=O) groups is 1. The number of carbonyl (C=O) groups excluding carboxylic acids is 1. The maximum Gasteiger partial charge on any atom is 0.314 e. The second-order valence-corrected chi connectivity index (χ2v) is 6.94. The molecule has 0 fully saturated rings. The van der Waals surface area contributed by atoms with Crippen molar-refractivity contribution < 1.29 is 4.79 Å². The zero-order valence-electron chi connectivity index (χ0n) is 9.90. The van der Waals surface area contributed by atoms with Gasteiger partial charge in [0.2, 0.25) is 0 Å². The number of thiophene rings is 1. The van der Waals surface area contributed by atoms with Crippen LogP contribution in [0.2, 0.25) is 0 Å². The number of aromatic amines is 2. The molecule has 20 heavy (non-hydrogen) atoms. The Labute approximate surface area is 129 Å². The quantitative estimate of drug-likeness (QED) is 0.394. The van der Waals surface area contributed by atoms with Gasteiger partial charge in [0.05, 0.1) is 13.9 Å². The molecular formula is C13H7IN2O3S. The average molecular weight is 398 g/mol. The van der Waals surface area contributed by atoms with Crippen molar-refractivity contribution in [1.29, 1.82) is 0 Å². The van der Waals surface area contributed by atoms with E-state index in [9.17, 15) is 14.4 Å². The van der Waals surface area contributed by atoms with Crippen molar-refractivity contribution in [1.82, 2.24) is 9.97 Å². The molecule has 0 bridgehead atoms. The number of rotatable bonds is 2. The molecule has 0 aliphatic rings. The molecule has 0 aliphatic heterocycles. The molecule has 0 saturated carbocycles. The summed E-state index contributed by atoms with van der Waals surface area (Å²) in [7, 11) is 0. The first-order chi connectivity index (χ1) is 9.54. The first-order valence-electron chi connectivity index (χ1n) is 5.60. The third-order valence-corrected chi connectivity index (χ3v) is 4.60. The molecule has 100 valence electrons. The van der Waals surface area contributed by atoms with Crippen LogP contribution in [0, 0.1) is 2.88 Å². The topological polar surface area (TPSA) is 82.8 Å². The maximum absolute atomic E-state index is 12.3. The summed E-state index contributed by atoms with van der Waals surface area (Å²) in [5.74, 6) is -0.113. The van der Waals surface area contributed by atoms with Crippen LogP contribution in [0.25, 0.3) is 11.0 Å². The molecule has 3 rings (SSSR count). The SMILES string of the molecule is O=C(c1csc(I)c1)c1ccc2[nH]c(=O)c(=O)[nH]c2c1. The van der Waals surface area contributed by atoms with Gasteiger partial charge >= 0.3 is 11.1 Å². The summed E-state index contributed by atoms with van der Waals surface area (Å²) >= 11 is 3.65. The highest BCUT2D eigenvalue weighted by Crippen LogP contribution is 2.20. The number of benzene rings is 1. The van der Waals surface area contributed by atoms with Gasteiger partial charge in [-0.1, -0.05) is 0 Å². The molecular weight excluding hydrogens is 391 g/mol. The minimum absolute atomic E-state index is 0.113. The number of nitrogens with one attached hydrogen (secondary N) is 2. The van der Waals surface area contributed by atoms with Gasteiger partial charge in [-0.05, 0) is 46.9 Å². The van der Waals surface area contributed by atoms with Crippen LogP contribution >= 0.6 is 33.9 Å². The lowest BCUT2D eigenvalue weighted by atomic mass is 10.1. The first kappa shape index (κ1) is 13.3. The molecule has 1 aromatic carbocycles. The Morgan fingerprint density at radius 2 is 1.70 bits per heavy atom. The maximum atomic E-state index is 12.3. The van der Waals surface area contributed by atoms with Gasteiger partial charge in [0.1, 0.15) is 0 Å². The summed E-state index contributed by atoms with van der Waals surface area (Å²) in [5.41, 5.74) is 0.576. The molecule has 0 spiro atoms. The number of H-pyrrole nitrogens is 2. The summed E-state index contributed by atoms with van der Waals surface area (Å²) in [6, 6.07) is 6.62. The van der Waals surface area contributed by atoms with Crippen molar-refractivity contribution in [2.75, 3.05) is 0 Å². The van der Waals surface area contributed by atoms with Crippen LogP contribution in [-0.4, -0.2) is 15.8 Å². The molecule has 0 saturated heterocycles. The van der Waals surface area contributed by atoms with E-state index < -0.39 is 11.1 Å².